The predicted molar refractivity (Wildman–Crippen MR) is 82.1 cm³/mol. The molecule has 120 valence electrons. The topological polar surface area (TPSA) is 54.9 Å². The van der Waals surface area contributed by atoms with Crippen molar-refractivity contribution in [3.63, 3.8) is 0 Å². The molecule has 0 N–H and O–H groups in total. The Kier molecular flexibility index (Phi) is 4.90. The van der Waals surface area contributed by atoms with E-state index in [1.54, 1.807) is 25.4 Å². The number of hydrogen-bond acceptors (Lipinski definition) is 5. The molecular weight excluding hydrogens is 282 g/mol. The highest BCUT2D eigenvalue weighted by atomic mass is 16.5. The number of carbonyl (C=O) groups is 1. The van der Waals surface area contributed by atoms with Gasteiger partial charge in [-0.15, -0.1) is 0 Å². The van der Waals surface area contributed by atoms with Gasteiger partial charge in [-0.25, -0.2) is 4.98 Å². The van der Waals surface area contributed by atoms with E-state index in [4.69, 9.17) is 9.47 Å². The molecule has 0 saturated carbocycles. The molecule has 1 unspecified atom stereocenters. The number of pyridine rings is 1. The second-order valence-electron chi connectivity index (χ2n) is 5.82. The van der Waals surface area contributed by atoms with Crippen molar-refractivity contribution in [3.05, 3.63) is 23.9 Å². The van der Waals surface area contributed by atoms with Crippen LogP contribution in [0.1, 0.15) is 23.2 Å². The highest BCUT2D eigenvalue weighted by Crippen LogP contribution is 2.15. The molecule has 0 aromatic carbocycles. The molecule has 0 spiro atoms. The molecule has 3 rings (SSSR count). The van der Waals surface area contributed by atoms with E-state index < -0.39 is 0 Å². The number of aromatic nitrogens is 1. The summed E-state index contributed by atoms with van der Waals surface area (Å²) < 4.78 is 10.7. The second kappa shape index (κ2) is 7.07. The van der Waals surface area contributed by atoms with E-state index in [9.17, 15) is 4.79 Å². The molecule has 0 aliphatic carbocycles. The van der Waals surface area contributed by atoms with E-state index in [1.807, 2.05) is 4.90 Å². The van der Waals surface area contributed by atoms with Gasteiger partial charge >= 0.3 is 0 Å². The number of piperazine rings is 1. The Morgan fingerprint density at radius 3 is 2.77 bits per heavy atom. The van der Waals surface area contributed by atoms with Crippen LogP contribution >= 0.6 is 0 Å². The lowest BCUT2D eigenvalue weighted by atomic mass is 10.2. The summed E-state index contributed by atoms with van der Waals surface area (Å²) in [5.41, 5.74) is 0.619. The molecule has 2 aliphatic heterocycles. The van der Waals surface area contributed by atoms with Crippen molar-refractivity contribution in [2.24, 2.45) is 0 Å². The lowest BCUT2D eigenvalue weighted by Crippen LogP contribution is -2.50. The Bertz CT molecular complexity index is 492. The Labute approximate surface area is 131 Å². The van der Waals surface area contributed by atoms with Crippen LogP contribution in [0.15, 0.2) is 18.3 Å². The van der Waals surface area contributed by atoms with E-state index in [1.165, 1.54) is 6.42 Å². The SMILES string of the molecule is COc1ccc(C(=O)N2CCN(CC3CCCO3)CC2)cn1. The summed E-state index contributed by atoms with van der Waals surface area (Å²) in [6, 6.07) is 3.49. The smallest absolute Gasteiger partial charge is 0.255 e. The highest BCUT2D eigenvalue weighted by Gasteiger charge is 2.25. The zero-order valence-corrected chi connectivity index (χ0v) is 13.0. The Morgan fingerprint density at radius 1 is 1.36 bits per heavy atom. The number of nitrogens with zero attached hydrogens (tertiary/aromatic N) is 3. The van der Waals surface area contributed by atoms with Crippen molar-refractivity contribution in [2.45, 2.75) is 18.9 Å². The van der Waals surface area contributed by atoms with Gasteiger partial charge in [-0.1, -0.05) is 0 Å². The minimum absolute atomic E-state index is 0.0481. The maximum Gasteiger partial charge on any atom is 0.255 e. The molecule has 1 amide bonds. The summed E-state index contributed by atoms with van der Waals surface area (Å²) in [4.78, 5) is 20.8. The van der Waals surface area contributed by atoms with Gasteiger partial charge in [0.25, 0.3) is 5.91 Å². The first-order valence-corrected chi connectivity index (χ1v) is 7.89. The first-order chi connectivity index (χ1) is 10.8. The van der Waals surface area contributed by atoms with Crippen molar-refractivity contribution < 1.29 is 14.3 Å². The van der Waals surface area contributed by atoms with Gasteiger partial charge in [0.05, 0.1) is 18.8 Å². The molecule has 1 aromatic heterocycles. The summed E-state index contributed by atoms with van der Waals surface area (Å²) >= 11 is 0. The predicted octanol–water partition coefficient (Wildman–Crippen LogP) is 1.03. The summed E-state index contributed by atoms with van der Waals surface area (Å²) in [7, 11) is 1.57. The largest absolute Gasteiger partial charge is 0.481 e. The lowest BCUT2D eigenvalue weighted by Gasteiger charge is -2.35. The van der Waals surface area contributed by atoms with Gasteiger partial charge in [0.2, 0.25) is 5.88 Å². The van der Waals surface area contributed by atoms with Gasteiger partial charge in [-0.05, 0) is 18.9 Å². The third-order valence-electron chi connectivity index (χ3n) is 4.34. The van der Waals surface area contributed by atoms with E-state index in [0.29, 0.717) is 17.5 Å². The van der Waals surface area contributed by atoms with Gasteiger partial charge < -0.3 is 14.4 Å². The molecule has 2 saturated heterocycles. The van der Waals surface area contributed by atoms with Gasteiger partial charge in [-0.3, -0.25) is 9.69 Å². The molecule has 1 atom stereocenters. The molecule has 3 heterocycles. The fraction of sp³-hybridized carbons (Fsp3) is 0.625. The minimum Gasteiger partial charge on any atom is -0.481 e. The maximum absolute atomic E-state index is 12.5. The molecule has 2 aliphatic rings. The Morgan fingerprint density at radius 2 is 2.18 bits per heavy atom. The Hall–Kier alpha value is -1.66. The molecule has 1 aromatic rings. The fourth-order valence-electron chi connectivity index (χ4n) is 3.02. The zero-order chi connectivity index (χ0) is 15.4. The quantitative estimate of drug-likeness (QED) is 0.831. The number of rotatable bonds is 4. The second-order valence-corrected chi connectivity index (χ2v) is 5.82. The highest BCUT2D eigenvalue weighted by molar-refractivity contribution is 5.94. The van der Waals surface area contributed by atoms with E-state index >= 15 is 0 Å². The van der Waals surface area contributed by atoms with Crippen molar-refractivity contribution in [3.8, 4) is 5.88 Å². The molecule has 2 fully saturated rings. The molecule has 0 radical (unpaired) electrons. The van der Waals surface area contributed by atoms with Crippen LogP contribution in [0.4, 0.5) is 0 Å². The maximum atomic E-state index is 12.5. The van der Waals surface area contributed by atoms with Crippen LogP contribution in [-0.2, 0) is 4.74 Å². The minimum atomic E-state index is 0.0481. The molecule has 6 nitrogen and oxygen atoms in total. The van der Waals surface area contributed by atoms with Crippen LogP contribution in [0.25, 0.3) is 0 Å². The third kappa shape index (κ3) is 3.56. The van der Waals surface area contributed by atoms with Crippen molar-refractivity contribution in [1.29, 1.82) is 0 Å². The monoisotopic (exact) mass is 305 g/mol. The van der Waals surface area contributed by atoms with E-state index in [0.717, 1.165) is 45.8 Å². The number of methoxy groups -OCH3 is 1. The number of carbonyl (C=O) groups excluding carboxylic acids is 1. The van der Waals surface area contributed by atoms with Gasteiger partial charge in [0.15, 0.2) is 0 Å². The van der Waals surface area contributed by atoms with Crippen LogP contribution in [0.3, 0.4) is 0 Å². The summed E-state index contributed by atoms with van der Waals surface area (Å²) in [5.74, 6) is 0.574. The Balaban J connectivity index is 1.50. The molecule has 6 heteroatoms. The average molecular weight is 305 g/mol. The van der Waals surface area contributed by atoms with Crippen LogP contribution < -0.4 is 4.74 Å². The summed E-state index contributed by atoms with van der Waals surface area (Å²) in [5, 5.41) is 0. The van der Waals surface area contributed by atoms with Crippen molar-refractivity contribution in [1.82, 2.24) is 14.8 Å². The number of hydrogen-bond donors (Lipinski definition) is 0. The number of amides is 1. The molecule has 22 heavy (non-hydrogen) atoms. The third-order valence-corrected chi connectivity index (χ3v) is 4.34. The van der Waals surface area contributed by atoms with Crippen LogP contribution in [0, 0.1) is 0 Å². The normalized spacial score (nSPS) is 22.8. The average Bonchev–Trinajstić information content (AvgIpc) is 3.08. The first kappa shape index (κ1) is 15.2. The van der Waals surface area contributed by atoms with E-state index in [2.05, 4.69) is 9.88 Å². The van der Waals surface area contributed by atoms with Crippen molar-refractivity contribution in [2.75, 3.05) is 46.4 Å². The van der Waals surface area contributed by atoms with E-state index in [-0.39, 0.29) is 5.91 Å². The number of ether oxygens (including phenoxy) is 2. The van der Waals surface area contributed by atoms with Crippen LogP contribution in [-0.4, -0.2) is 73.2 Å². The van der Waals surface area contributed by atoms with Crippen LogP contribution in [0.2, 0.25) is 0 Å². The molecule has 0 bridgehead atoms. The summed E-state index contributed by atoms with van der Waals surface area (Å²) in [6.45, 7) is 5.24. The fourth-order valence-corrected chi connectivity index (χ4v) is 3.02. The zero-order valence-electron chi connectivity index (χ0n) is 13.0. The van der Waals surface area contributed by atoms with Gasteiger partial charge in [0.1, 0.15) is 0 Å². The molecular formula is C16H23N3O3. The van der Waals surface area contributed by atoms with Gasteiger partial charge in [-0.2, -0.15) is 0 Å². The lowest BCUT2D eigenvalue weighted by molar-refractivity contribution is 0.0432. The first-order valence-electron chi connectivity index (χ1n) is 7.89. The standard InChI is InChI=1S/C16H23N3O3/c1-21-15-5-4-13(11-17-15)16(20)19-8-6-18(7-9-19)12-14-3-2-10-22-14/h4-5,11,14H,2-3,6-10,12H2,1H3. The van der Waals surface area contributed by atoms with Gasteiger partial charge in [0, 0.05) is 51.6 Å². The van der Waals surface area contributed by atoms with Crippen molar-refractivity contribution >= 4 is 5.91 Å². The summed E-state index contributed by atoms with van der Waals surface area (Å²) in [6.07, 6.45) is 4.30. The van der Waals surface area contributed by atoms with Crippen LogP contribution in [0.5, 0.6) is 5.88 Å².